The summed E-state index contributed by atoms with van der Waals surface area (Å²) >= 11 is 0. The molecule has 1 heterocycles. The average Bonchev–Trinajstić information content (AvgIpc) is 3.11. The lowest BCUT2D eigenvalue weighted by Gasteiger charge is -2.07. The first-order valence-corrected chi connectivity index (χ1v) is 11.7. The van der Waals surface area contributed by atoms with Gasteiger partial charge in [0.1, 0.15) is 6.54 Å². The summed E-state index contributed by atoms with van der Waals surface area (Å²) in [6.45, 7) is 3.97. The maximum absolute atomic E-state index is 13.2. The van der Waals surface area contributed by atoms with E-state index in [0.717, 1.165) is 16.7 Å². The van der Waals surface area contributed by atoms with Crippen LogP contribution in [0.5, 0.6) is 0 Å². The fourth-order valence-corrected chi connectivity index (χ4v) is 5.15. The number of hydrogen-bond acceptors (Lipinski definition) is 3. The molecular weight excluding hydrogens is 408 g/mol. The minimum Gasteiger partial charge on any atom is -0.337 e. The molecule has 0 spiro atoms. The molecular formula is C25H24N2O3S. The van der Waals surface area contributed by atoms with Crippen molar-refractivity contribution in [2.75, 3.05) is 5.32 Å². The molecule has 0 bridgehead atoms. The molecule has 0 unspecified atom stereocenters. The molecule has 0 fully saturated rings. The van der Waals surface area contributed by atoms with Crippen molar-refractivity contribution in [3.8, 4) is 0 Å². The van der Waals surface area contributed by atoms with Gasteiger partial charge in [-0.3, -0.25) is 4.79 Å². The molecule has 1 N–H and O–H groups in total. The summed E-state index contributed by atoms with van der Waals surface area (Å²) in [5.74, 6) is -0.302. The van der Waals surface area contributed by atoms with Crippen molar-refractivity contribution in [3.63, 3.8) is 0 Å². The van der Waals surface area contributed by atoms with E-state index in [1.807, 2.05) is 80.6 Å². The van der Waals surface area contributed by atoms with Crippen molar-refractivity contribution in [3.05, 3.63) is 95.7 Å². The fraction of sp³-hybridized carbons (Fsp3) is 0.160. The van der Waals surface area contributed by atoms with E-state index in [1.54, 1.807) is 16.8 Å². The van der Waals surface area contributed by atoms with Gasteiger partial charge in [-0.1, -0.05) is 65.7 Å². The SMILES string of the molecule is Cc1ccc(CS(=O)(=O)c2cn(CC(=O)Nc3ccc(C)cc3)c3ccccc23)cc1. The number of sulfone groups is 1. The molecule has 0 aliphatic rings. The third-order valence-corrected chi connectivity index (χ3v) is 6.92. The van der Waals surface area contributed by atoms with E-state index < -0.39 is 9.84 Å². The highest BCUT2D eigenvalue weighted by Crippen LogP contribution is 2.28. The summed E-state index contributed by atoms with van der Waals surface area (Å²) in [4.78, 5) is 12.9. The van der Waals surface area contributed by atoms with Gasteiger partial charge in [0.2, 0.25) is 5.91 Å². The summed E-state index contributed by atoms with van der Waals surface area (Å²) in [5, 5.41) is 3.49. The van der Waals surface area contributed by atoms with Crippen molar-refractivity contribution in [1.82, 2.24) is 4.57 Å². The zero-order valence-electron chi connectivity index (χ0n) is 17.5. The minimum atomic E-state index is -3.58. The largest absolute Gasteiger partial charge is 0.337 e. The average molecular weight is 433 g/mol. The highest BCUT2D eigenvalue weighted by Gasteiger charge is 2.22. The summed E-state index contributed by atoms with van der Waals surface area (Å²) in [6.07, 6.45) is 1.57. The number of hydrogen-bond donors (Lipinski definition) is 1. The zero-order valence-corrected chi connectivity index (χ0v) is 18.3. The second-order valence-electron chi connectivity index (χ2n) is 7.80. The summed E-state index contributed by atoms with van der Waals surface area (Å²) in [5.41, 5.74) is 4.35. The van der Waals surface area contributed by atoms with E-state index in [0.29, 0.717) is 16.6 Å². The van der Waals surface area contributed by atoms with Crippen LogP contribution in [0.25, 0.3) is 10.9 Å². The van der Waals surface area contributed by atoms with Gasteiger partial charge in [-0.25, -0.2) is 8.42 Å². The van der Waals surface area contributed by atoms with Gasteiger partial charge in [0.15, 0.2) is 9.84 Å². The van der Waals surface area contributed by atoms with Crippen LogP contribution in [0.4, 0.5) is 5.69 Å². The molecule has 6 heteroatoms. The number of fused-ring (bicyclic) bond motifs is 1. The Balaban J connectivity index is 1.63. The molecule has 3 aromatic carbocycles. The lowest BCUT2D eigenvalue weighted by molar-refractivity contribution is -0.116. The summed E-state index contributed by atoms with van der Waals surface area (Å²) in [7, 11) is -3.58. The highest BCUT2D eigenvalue weighted by atomic mass is 32.2. The molecule has 31 heavy (non-hydrogen) atoms. The van der Waals surface area contributed by atoms with Crippen LogP contribution in [0.15, 0.2) is 83.9 Å². The second kappa shape index (κ2) is 8.40. The topological polar surface area (TPSA) is 68.2 Å². The Morgan fingerprint density at radius 2 is 1.48 bits per heavy atom. The number of nitrogens with one attached hydrogen (secondary N) is 1. The van der Waals surface area contributed by atoms with Gasteiger partial charge in [-0.05, 0) is 37.6 Å². The molecule has 1 aromatic heterocycles. The number of carbonyl (C=O) groups is 1. The number of para-hydroxylation sites is 1. The van der Waals surface area contributed by atoms with Gasteiger partial charge in [0.05, 0.1) is 10.6 Å². The smallest absolute Gasteiger partial charge is 0.244 e. The Bertz CT molecular complexity index is 1340. The predicted molar refractivity (Wildman–Crippen MR) is 124 cm³/mol. The first-order chi connectivity index (χ1) is 14.8. The molecule has 0 atom stereocenters. The van der Waals surface area contributed by atoms with Crippen LogP contribution in [0.3, 0.4) is 0 Å². The van der Waals surface area contributed by atoms with Crippen molar-refractivity contribution >= 4 is 32.3 Å². The number of anilines is 1. The van der Waals surface area contributed by atoms with E-state index >= 15 is 0 Å². The highest BCUT2D eigenvalue weighted by molar-refractivity contribution is 7.90. The van der Waals surface area contributed by atoms with Gasteiger partial charge < -0.3 is 9.88 Å². The maximum Gasteiger partial charge on any atom is 0.244 e. The molecule has 5 nitrogen and oxygen atoms in total. The molecule has 0 aliphatic heterocycles. The van der Waals surface area contributed by atoms with Crippen LogP contribution in [-0.4, -0.2) is 18.9 Å². The van der Waals surface area contributed by atoms with E-state index in [1.165, 1.54) is 0 Å². The van der Waals surface area contributed by atoms with E-state index in [9.17, 15) is 13.2 Å². The standard InChI is InChI=1S/C25H24N2O3S/c1-18-7-11-20(12-8-18)17-31(29,30)24-15-27(23-6-4-3-5-22(23)24)16-25(28)26-21-13-9-19(2)10-14-21/h3-15H,16-17H2,1-2H3,(H,26,28). The third kappa shape index (κ3) is 4.70. The number of nitrogens with zero attached hydrogens (tertiary/aromatic N) is 1. The van der Waals surface area contributed by atoms with Crippen LogP contribution < -0.4 is 5.32 Å². The van der Waals surface area contributed by atoms with Gasteiger partial charge in [0.25, 0.3) is 0 Å². The Kier molecular flexibility index (Phi) is 5.65. The van der Waals surface area contributed by atoms with Crippen molar-refractivity contribution < 1.29 is 13.2 Å². The maximum atomic E-state index is 13.2. The first-order valence-electron chi connectivity index (χ1n) is 10.0. The normalized spacial score (nSPS) is 11.5. The number of benzene rings is 3. The van der Waals surface area contributed by atoms with Crippen molar-refractivity contribution in [2.24, 2.45) is 0 Å². The monoisotopic (exact) mass is 432 g/mol. The van der Waals surface area contributed by atoms with Gasteiger partial charge in [-0.2, -0.15) is 0 Å². The Labute approximate surface area is 182 Å². The van der Waals surface area contributed by atoms with Crippen LogP contribution in [-0.2, 0) is 26.9 Å². The first kappa shape index (κ1) is 20.9. The number of rotatable bonds is 6. The van der Waals surface area contributed by atoms with Crippen molar-refractivity contribution in [1.29, 1.82) is 0 Å². The quantitative estimate of drug-likeness (QED) is 0.473. The van der Waals surface area contributed by atoms with Gasteiger partial charge in [-0.15, -0.1) is 0 Å². The molecule has 0 saturated heterocycles. The van der Waals surface area contributed by atoms with E-state index in [4.69, 9.17) is 0 Å². The molecule has 0 radical (unpaired) electrons. The molecule has 0 aliphatic carbocycles. The predicted octanol–water partition coefficient (Wildman–Crippen LogP) is 4.87. The third-order valence-electron chi connectivity index (χ3n) is 5.21. The van der Waals surface area contributed by atoms with Crippen LogP contribution >= 0.6 is 0 Å². The Morgan fingerprint density at radius 3 is 2.16 bits per heavy atom. The fourth-order valence-electron chi connectivity index (χ4n) is 3.57. The molecule has 0 saturated carbocycles. The lowest BCUT2D eigenvalue weighted by atomic mass is 10.2. The van der Waals surface area contributed by atoms with Crippen LogP contribution in [0, 0.1) is 13.8 Å². The van der Waals surface area contributed by atoms with Crippen LogP contribution in [0.1, 0.15) is 16.7 Å². The minimum absolute atomic E-state index is 0.0223. The zero-order chi connectivity index (χ0) is 22.0. The van der Waals surface area contributed by atoms with Crippen molar-refractivity contribution in [2.45, 2.75) is 31.0 Å². The van der Waals surface area contributed by atoms with E-state index in [2.05, 4.69) is 5.32 Å². The molecule has 158 valence electrons. The lowest BCUT2D eigenvalue weighted by Crippen LogP contribution is -2.18. The number of aromatic nitrogens is 1. The van der Waals surface area contributed by atoms with Crippen LogP contribution in [0.2, 0.25) is 0 Å². The van der Waals surface area contributed by atoms with Gasteiger partial charge >= 0.3 is 0 Å². The molecule has 4 aromatic rings. The van der Waals surface area contributed by atoms with E-state index in [-0.39, 0.29) is 23.1 Å². The Morgan fingerprint density at radius 1 is 0.871 bits per heavy atom. The molecule has 4 rings (SSSR count). The summed E-state index contributed by atoms with van der Waals surface area (Å²) in [6, 6.07) is 22.3. The molecule has 1 amide bonds. The number of carbonyl (C=O) groups excluding carboxylic acids is 1. The summed E-state index contributed by atoms with van der Waals surface area (Å²) < 4.78 is 28.1. The number of aryl methyl sites for hydroxylation is 2. The second-order valence-corrected chi connectivity index (χ2v) is 9.76. The number of amides is 1. The van der Waals surface area contributed by atoms with Gasteiger partial charge in [0, 0.05) is 22.8 Å². The Hall–Kier alpha value is -3.38.